The Hall–Kier alpha value is -1.68. The van der Waals surface area contributed by atoms with Gasteiger partial charge >= 0.3 is 27.2 Å². The molecule has 0 aliphatic carbocycles. The third-order valence-electron chi connectivity index (χ3n) is 4.79. The minimum absolute atomic E-state index is 0.0585. The number of benzene rings is 2. The summed E-state index contributed by atoms with van der Waals surface area (Å²) in [5, 5.41) is 0. The molecule has 1 heterocycles. The second-order valence-electron chi connectivity index (χ2n) is 8.89. The molecule has 0 radical (unpaired) electrons. The number of carbonyl (C=O) groups excluding carboxylic acids is 1. The Bertz CT molecular complexity index is 846. The van der Waals surface area contributed by atoms with Crippen LogP contribution in [0.2, 0.25) is 0 Å². The molecule has 0 amide bonds. The maximum Gasteiger partial charge on any atom is 0.357 e. The van der Waals surface area contributed by atoms with Crippen LogP contribution in [-0.4, -0.2) is 58.3 Å². The van der Waals surface area contributed by atoms with Gasteiger partial charge in [-0.05, 0) is 43.3 Å². The van der Waals surface area contributed by atoms with Gasteiger partial charge in [0.15, 0.2) is 13.7 Å². The lowest BCUT2D eigenvalue weighted by molar-refractivity contribution is -0.597. The van der Waals surface area contributed by atoms with E-state index in [0.29, 0.717) is 45.2 Å². The molecule has 0 bridgehead atoms. The number of ether oxygens (including phenoxy) is 5. The zero-order valence-corrected chi connectivity index (χ0v) is 21.8. The van der Waals surface area contributed by atoms with Crippen LogP contribution in [0.4, 0.5) is 0 Å². The number of hydrogen-bond donors (Lipinski definition) is 0. The summed E-state index contributed by atoms with van der Waals surface area (Å²) in [6.45, 7) is 9.76. The average Bonchev–Trinajstić information content (AvgIpc) is 3.61. The Kier molecular flexibility index (Phi) is 10.4. The van der Waals surface area contributed by atoms with Crippen LogP contribution in [0.5, 0.6) is 5.75 Å². The van der Waals surface area contributed by atoms with Gasteiger partial charge in [0.25, 0.3) is 0 Å². The fraction of sp³-hybridized carbons (Fsp3) is 0.500. The molecule has 0 aromatic heterocycles. The van der Waals surface area contributed by atoms with Crippen LogP contribution >= 0.6 is 0 Å². The van der Waals surface area contributed by atoms with Gasteiger partial charge in [-0.2, -0.15) is 0 Å². The molecule has 1 fully saturated rings. The minimum atomic E-state index is -0.373. The van der Waals surface area contributed by atoms with Crippen molar-refractivity contribution in [2.45, 2.75) is 33.3 Å². The van der Waals surface area contributed by atoms with E-state index >= 15 is 0 Å². The van der Waals surface area contributed by atoms with Gasteiger partial charge in [0.1, 0.15) is 11.9 Å². The van der Waals surface area contributed by atoms with E-state index in [0.717, 1.165) is 6.61 Å². The van der Waals surface area contributed by atoms with Gasteiger partial charge in [0.2, 0.25) is 0 Å². The van der Waals surface area contributed by atoms with Gasteiger partial charge in [-0.1, -0.05) is 31.5 Å². The molecule has 2 aromatic carbocycles. The van der Waals surface area contributed by atoms with Gasteiger partial charge in [0.05, 0.1) is 33.0 Å². The molecule has 0 saturated carbocycles. The van der Waals surface area contributed by atoms with Crippen LogP contribution in [0.1, 0.15) is 25.8 Å². The second kappa shape index (κ2) is 13.3. The molecule has 33 heavy (non-hydrogen) atoms. The minimum Gasteiger partial charge on any atom is -0.482 e. The van der Waals surface area contributed by atoms with E-state index in [1.165, 1.54) is 12.7 Å². The van der Waals surface area contributed by atoms with Crippen molar-refractivity contribution in [3.05, 3.63) is 61.2 Å². The van der Waals surface area contributed by atoms with Crippen LogP contribution in [0, 0.1) is 19.5 Å². The van der Waals surface area contributed by atoms with Crippen molar-refractivity contribution >= 4 is 5.97 Å². The Morgan fingerprint density at radius 2 is 1.64 bits per heavy atom. The summed E-state index contributed by atoms with van der Waals surface area (Å²) in [6.07, 6.45) is 0.931. The van der Waals surface area contributed by atoms with E-state index in [4.69, 9.17) is 23.7 Å². The van der Waals surface area contributed by atoms with Crippen LogP contribution in [-0.2, 0) is 23.7 Å². The first-order chi connectivity index (χ1) is 15.9. The highest BCUT2D eigenvalue weighted by molar-refractivity contribution is 5.71. The maximum absolute atomic E-state index is 11.9. The molecule has 2 aromatic rings. The Balaban J connectivity index is 1.22. The molecule has 1 saturated heterocycles. The van der Waals surface area contributed by atoms with Crippen molar-refractivity contribution in [2.24, 2.45) is 5.41 Å². The predicted molar refractivity (Wildman–Crippen MR) is 121 cm³/mol. The third kappa shape index (κ3) is 10.9. The van der Waals surface area contributed by atoms with Crippen molar-refractivity contribution in [1.29, 1.82) is 0 Å². The van der Waals surface area contributed by atoms with Crippen molar-refractivity contribution in [3.8, 4) is 5.75 Å². The number of aryl methyl sites for hydroxylation is 1. The van der Waals surface area contributed by atoms with Gasteiger partial charge in [-0.3, -0.25) is 0 Å². The van der Waals surface area contributed by atoms with E-state index in [9.17, 15) is 4.79 Å². The Labute approximate surface area is 207 Å². The van der Waals surface area contributed by atoms with Crippen molar-refractivity contribution < 1.29 is 49.7 Å². The van der Waals surface area contributed by atoms with Crippen LogP contribution in [0.25, 0.3) is 0 Å². The van der Waals surface area contributed by atoms with Crippen LogP contribution < -0.4 is 25.9 Å². The molecule has 1 unspecified atom stereocenters. The summed E-state index contributed by atoms with van der Waals surface area (Å²) in [7, 11) is 0. The van der Waals surface area contributed by atoms with Crippen molar-refractivity contribution in [1.82, 2.24) is 0 Å². The number of hydrogen-bond acceptors (Lipinski definition) is 6. The van der Waals surface area contributed by atoms with E-state index in [2.05, 4.69) is 57.2 Å². The maximum atomic E-state index is 11.9. The Morgan fingerprint density at radius 1 is 1.00 bits per heavy atom. The summed E-state index contributed by atoms with van der Waals surface area (Å²) in [5.74, 6) is 0.298. The summed E-state index contributed by atoms with van der Waals surface area (Å²) < 4.78 is 30.0. The number of halogens is 1. The zero-order chi connectivity index (χ0) is 23.5. The van der Waals surface area contributed by atoms with Crippen molar-refractivity contribution in [3.63, 3.8) is 0 Å². The van der Waals surface area contributed by atoms with E-state index < -0.39 is 0 Å². The largest absolute Gasteiger partial charge is 0.482 e. The van der Waals surface area contributed by atoms with Gasteiger partial charge in [-0.15, -0.1) is 0 Å². The standard InChI is InChI=1S/C26H34IO6/c1-20-5-7-21(8-6-20)27-22-9-11-23(12-10-22)33-17-25(28)31-14-4-13-29-18-26(2,3)19-30-15-24-16-32-24/h5-12,24H,4,13-19H2,1-3H3/q+1. The van der Waals surface area contributed by atoms with E-state index in [1.807, 2.05) is 12.1 Å². The number of esters is 1. The van der Waals surface area contributed by atoms with Crippen LogP contribution in [0.3, 0.4) is 0 Å². The van der Waals surface area contributed by atoms with E-state index in [1.54, 1.807) is 0 Å². The number of epoxide rings is 1. The molecular formula is C26H34IO6+. The van der Waals surface area contributed by atoms with Crippen molar-refractivity contribution in [2.75, 3.05) is 46.2 Å². The second-order valence-corrected chi connectivity index (χ2v) is 11.9. The van der Waals surface area contributed by atoms with Crippen LogP contribution in [0.15, 0.2) is 48.5 Å². The molecule has 0 spiro atoms. The molecule has 1 aliphatic rings. The summed E-state index contributed by atoms with van der Waals surface area (Å²) in [5.41, 5.74) is 1.22. The lowest BCUT2D eigenvalue weighted by Crippen LogP contribution is -3.61. The zero-order valence-electron chi connectivity index (χ0n) is 19.7. The smallest absolute Gasteiger partial charge is 0.357 e. The monoisotopic (exact) mass is 569 g/mol. The molecule has 3 rings (SSSR count). The van der Waals surface area contributed by atoms with Gasteiger partial charge in [-0.25, -0.2) is 4.79 Å². The summed E-state index contributed by atoms with van der Waals surface area (Å²) >= 11 is -0.216. The normalized spacial score (nSPS) is 15.3. The van der Waals surface area contributed by atoms with Gasteiger partial charge in [0, 0.05) is 18.4 Å². The molecule has 1 atom stereocenters. The SMILES string of the molecule is Cc1ccc([I+]c2ccc(OCC(=O)OCCCOCC(C)(C)COCC3CO3)cc2)cc1. The first-order valence-electron chi connectivity index (χ1n) is 11.3. The fourth-order valence-electron chi connectivity index (χ4n) is 2.87. The predicted octanol–water partition coefficient (Wildman–Crippen LogP) is 0.894. The quantitative estimate of drug-likeness (QED) is 0.138. The lowest BCUT2D eigenvalue weighted by atomic mass is 9.96. The highest BCUT2D eigenvalue weighted by Crippen LogP contribution is 2.18. The number of carbonyl (C=O) groups is 1. The van der Waals surface area contributed by atoms with E-state index in [-0.39, 0.29) is 45.3 Å². The fourth-order valence-corrected chi connectivity index (χ4v) is 5.03. The molecule has 180 valence electrons. The summed E-state index contributed by atoms with van der Waals surface area (Å²) in [6, 6.07) is 16.6. The molecule has 7 heteroatoms. The summed E-state index contributed by atoms with van der Waals surface area (Å²) in [4.78, 5) is 11.9. The highest BCUT2D eigenvalue weighted by atomic mass is 127. The first kappa shape index (κ1) is 25.9. The average molecular weight is 569 g/mol. The molecular weight excluding hydrogens is 535 g/mol. The highest BCUT2D eigenvalue weighted by Gasteiger charge is 2.25. The number of rotatable bonds is 15. The molecule has 6 nitrogen and oxygen atoms in total. The third-order valence-corrected chi connectivity index (χ3v) is 7.47. The molecule has 0 N–H and O–H groups in total. The first-order valence-corrected chi connectivity index (χ1v) is 13.4. The lowest BCUT2D eigenvalue weighted by Gasteiger charge is -2.24. The van der Waals surface area contributed by atoms with Gasteiger partial charge < -0.3 is 23.7 Å². The Morgan fingerprint density at radius 3 is 2.30 bits per heavy atom. The molecule has 1 aliphatic heterocycles. The topological polar surface area (TPSA) is 66.5 Å².